The molecule has 0 atom stereocenters. The number of ether oxygens (including phenoxy) is 1. The highest BCUT2D eigenvalue weighted by atomic mass is 16.5. The van der Waals surface area contributed by atoms with Crippen molar-refractivity contribution in [3.63, 3.8) is 0 Å². The van der Waals surface area contributed by atoms with E-state index in [1.165, 1.54) is 7.11 Å². The molecule has 0 fully saturated rings. The van der Waals surface area contributed by atoms with Crippen LogP contribution in [-0.4, -0.2) is 24.7 Å². The third-order valence-corrected chi connectivity index (χ3v) is 2.37. The Morgan fingerprint density at radius 2 is 2.36 bits per heavy atom. The van der Waals surface area contributed by atoms with Crippen molar-refractivity contribution >= 4 is 11.7 Å². The number of hydrogen-bond donors (Lipinski definition) is 2. The Kier molecular flexibility index (Phi) is 2.04. The fraction of sp³-hybridized carbons (Fsp3) is 0.300. The minimum Gasteiger partial charge on any atom is -0.496 e. The molecule has 2 N–H and O–H groups in total. The summed E-state index contributed by atoms with van der Waals surface area (Å²) in [6, 6.07) is 3.42. The minimum atomic E-state index is -0.960. The fourth-order valence-electron chi connectivity index (χ4n) is 1.66. The van der Waals surface area contributed by atoms with Crippen LogP contribution in [0.3, 0.4) is 0 Å². The number of hydrogen-bond acceptors (Lipinski definition) is 3. The van der Waals surface area contributed by atoms with Crippen LogP contribution < -0.4 is 10.1 Å². The molecule has 2 rings (SSSR count). The third kappa shape index (κ3) is 1.28. The molecule has 0 spiro atoms. The molecule has 0 saturated heterocycles. The number of carbonyl (C=O) groups is 1. The lowest BCUT2D eigenvalue weighted by Crippen LogP contribution is -2.01. The van der Waals surface area contributed by atoms with Crippen LogP contribution in [0.15, 0.2) is 12.1 Å². The molecule has 1 aliphatic rings. The van der Waals surface area contributed by atoms with E-state index >= 15 is 0 Å². The van der Waals surface area contributed by atoms with E-state index in [4.69, 9.17) is 9.84 Å². The van der Waals surface area contributed by atoms with Gasteiger partial charge < -0.3 is 15.2 Å². The molecule has 0 saturated carbocycles. The minimum absolute atomic E-state index is 0.209. The highest BCUT2D eigenvalue weighted by Crippen LogP contribution is 2.30. The van der Waals surface area contributed by atoms with E-state index in [0.29, 0.717) is 5.75 Å². The van der Waals surface area contributed by atoms with Crippen molar-refractivity contribution in [3.8, 4) is 5.75 Å². The second-order valence-corrected chi connectivity index (χ2v) is 3.19. The van der Waals surface area contributed by atoms with E-state index in [9.17, 15) is 4.79 Å². The topological polar surface area (TPSA) is 58.6 Å². The van der Waals surface area contributed by atoms with Crippen molar-refractivity contribution in [3.05, 3.63) is 23.3 Å². The van der Waals surface area contributed by atoms with Crippen molar-refractivity contribution in [2.75, 3.05) is 19.0 Å². The Labute approximate surface area is 81.5 Å². The van der Waals surface area contributed by atoms with Gasteiger partial charge in [-0.1, -0.05) is 0 Å². The molecule has 1 aromatic rings. The van der Waals surface area contributed by atoms with Gasteiger partial charge in [0.2, 0.25) is 0 Å². The van der Waals surface area contributed by atoms with Gasteiger partial charge in [0.1, 0.15) is 11.3 Å². The number of rotatable bonds is 2. The normalized spacial score (nSPS) is 13.2. The van der Waals surface area contributed by atoms with Gasteiger partial charge in [0.15, 0.2) is 0 Å². The second-order valence-electron chi connectivity index (χ2n) is 3.19. The zero-order valence-corrected chi connectivity index (χ0v) is 7.83. The molecular formula is C10H11NO3. The molecular weight excluding hydrogens is 182 g/mol. The monoisotopic (exact) mass is 193 g/mol. The SMILES string of the molecule is COc1cc2c(cc1C(=O)O)NCC2. The number of anilines is 1. The first kappa shape index (κ1) is 8.87. The number of fused-ring (bicyclic) bond motifs is 1. The Bertz CT molecular complexity index is 387. The largest absolute Gasteiger partial charge is 0.496 e. The molecule has 0 aromatic heterocycles. The number of carboxylic acid groups (broad SMARTS) is 1. The zero-order valence-electron chi connectivity index (χ0n) is 7.83. The maximum atomic E-state index is 10.9. The highest BCUT2D eigenvalue weighted by molar-refractivity contribution is 5.92. The van der Waals surface area contributed by atoms with Crippen LogP contribution in [0.25, 0.3) is 0 Å². The molecule has 1 aliphatic heterocycles. The Balaban J connectivity index is 2.54. The standard InChI is InChI=1S/C10H11NO3/c1-14-9-4-6-2-3-11-8(6)5-7(9)10(12)13/h4-5,11H,2-3H2,1H3,(H,12,13). The summed E-state index contributed by atoms with van der Waals surface area (Å²) in [6.45, 7) is 0.863. The van der Waals surface area contributed by atoms with E-state index in [0.717, 1.165) is 24.2 Å². The summed E-state index contributed by atoms with van der Waals surface area (Å²) in [5.41, 5.74) is 2.23. The number of methoxy groups -OCH3 is 1. The average molecular weight is 193 g/mol. The van der Waals surface area contributed by atoms with Gasteiger partial charge in [-0.2, -0.15) is 0 Å². The molecule has 0 aliphatic carbocycles. The summed E-state index contributed by atoms with van der Waals surface area (Å²) in [7, 11) is 1.48. The first-order valence-corrected chi connectivity index (χ1v) is 4.40. The first-order chi connectivity index (χ1) is 6.72. The number of aromatic carboxylic acids is 1. The number of nitrogens with one attached hydrogen (secondary N) is 1. The van der Waals surface area contributed by atoms with Gasteiger partial charge in [-0.15, -0.1) is 0 Å². The molecule has 4 nitrogen and oxygen atoms in total. The van der Waals surface area contributed by atoms with Gasteiger partial charge >= 0.3 is 5.97 Å². The van der Waals surface area contributed by atoms with Crippen molar-refractivity contribution in [2.45, 2.75) is 6.42 Å². The molecule has 0 bridgehead atoms. The van der Waals surface area contributed by atoms with E-state index in [2.05, 4.69) is 5.32 Å². The lowest BCUT2D eigenvalue weighted by molar-refractivity contribution is 0.0693. The summed E-state index contributed by atoms with van der Waals surface area (Å²) >= 11 is 0. The van der Waals surface area contributed by atoms with Crippen LogP contribution >= 0.6 is 0 Å². The Hall–Kier alpha value is -1.71. The molecule has 0 radical (unpaired) electrons. The zero-order chi connectivity index (χ0) is 10.1. The summed E-state index contributed by atoms with van der Waals surface area (Å²) in [6.07, 6.45) is 0.922. The van der Waals surface area contributed by atoms with Crippen LogP contribution in [0.4, 0.5) is 5.69 Å². The van der Waals surface area contributed by atoms with Crippen LogP contribution in [0, 0.1) is 0 Å². The van der Waals surface area contributed by atoms with Crippen molar-refractivity contribution in [2.24, 2.45) is 0 Å². The Morgan fingerprint density at radius 3 is 3.00 bits per heavy atom. The van der Waals surface area contributed by atoms with Crippen molar-refractivity contribution in [1.29, 1.82) is 0 Å². The number of benzene rings is 1. The number of carboxylic acids is 1. The lowest BCUT2D eigenvalue weighted by atomic mass is 10.1. The third-order valence-electron chi connectivity index (χ3n) is 2.37. The molecule has 0 unspecified atom stereocenters. The van der Waals surface area contributed by atoms with E-state index < -0.39 is 5.97 Å². The van der Waals surface area contributed by atoms with E-state index in [1.54, 1.807) is 12.1 Å². The molecule has 1 aromatic carbocycles. The molecule has 0 amide bonds. The highest BCUT2D eigenvalue weighted by Gasteiger charge is 2.18. The predicted molar refractivity (Wildman–Crippen MR) is 52.1 cm³/mol. The Morgan fingerprint density at radius 1 is 1.57 bits per heavy atom. The van der Waals surface area contributed by atoms with Crippen LogP contribution in [-0.2, 0) is 6.42 Å². The van der Waals surface area contributed by atoms with E-state index in [-0.39, 0.29) is 5.56 Å². The maximum Gasteiger partial charge on any atom is 0.339 e. The van der Waals surface area contributed by atoms with Gasteiger partial charge in [-0.25, -0.2) is 4.79 Å². The maximum absolute atomic E-state index is 10.9. The van der Waals surface area contributed by atoms with Crippen molar-refractivity contribution in [1.82, 2.24) is 0 Å². The fourth-order valence-corrected chi connectivity index (χ4v) is 1.66. The molecule has 74 valence electrons. The van der Waals surface area contributed by atoms with Crippen LogP contribution in [0.5, 0.6) is 5.75 Å². The molecule has 14 heavy (non-hydrogen) atoms. The van der Waals surface area contributed by atoms with Gasteiger partial charge in [-0.3, -0.25) is 0 Å². The van der Waals surface area contributed by atoms with Crippen molar-refractivity contribution < 1.29 is 14.6 Å². The quantitative estimate of drug-likeness (QED) is 0.744. The molecule has 4 heteroatoms. The van der Waals surface area contributed by atoms with Crippen LogP contribution in [0.2, 0.25) is 0 Å². The van der Waals surface area contributed by atoms with Gasteiger partial charge in [-0.05, 0) is 24.1 Å². The second kappa shape index (κ2) is 3.21. The lowest BCUT2D eigenvalue weighted by Gasteiger charge is -2.07. The van der Waals surface area contributed by atoms with Gasteiger partial charge in [0.25, 0.3) is 0 Å². The predicted octanol–water partition coefficient (Wildman–Crippen LogP) is 1.36. The molecule has 1 heterocycles. The summed E-state index contributed by atoms with van der Waals surface area (Å²) in [5, 5.41) is 12.0. The van der Waals surface area contributed by atoms with Gasteiger partial charge in [0, 0.05) is 12.2 Å². The van der Waals surface area contributed by atoms with Gasteiger partial charge in [0.05, 0.1) is 7.11 Å². The smallest absolute Gasteiger partial charge is 0.339 e. The summed E-state index contributed by atoms with van der Waals surface area (Å²) in [5.74, 6) is -0.529. The van der Waals surface area contributed by atoms with Crippen LogP contribution in [0.1, 0.15) is 15.9 Å². The summed E-state index contributed by atoms with van der Waals surface area (Å²) in [4.78, 5) is 10.9. The summed E-state index contributed by atoms with van der Waals surface area (Å²) < 4.78 is 5.02. The average Bonchev–Trinajstić information content (AvgIpc) is 2.62. The van der Waals surface area contributed by atoms with E-state index in [1.807, 2.05) is 0 Å². The first-order valence-electron chi connectivity index (χ1n) is 4.40.